The van der Waals surface area contributed by atoms with Gasteiger partial charge in [0.05, 0.1) is 12.3 Å². The lowest BCUT2D eigenvalue weighted by atomic mass is 9.93. The van der Waals surface area contributed by atoms with Gasteiger partial charge in [-0.15, -0.1) is 0 Å². The van der Waals surface area contributed by atoms with Gasteiger partial charge in [0.25, 0.3) is 5.56 Å². The van der Waals surface area contributed by atoms with Gasteiger partial charge >= 0.3 is 6.09 Å². The molecule has 0 bridgehead atoms. The molecule has 1 unspecified atom stereocenters. The van der Waals surface area contributed by atoms with Gasteiger partial charge in [0.2, 0.25) is 0 Å². The van der Waals surface area contributed by atoms with Crippen LogP contribution in [0.5, 0.6) is 0 Å². The Morgan fingerprint density at radius 1 is 1.14 bits per heavy atom. The van der Waals surface area contributed by atoms with E-state index in [1.807, 2.05) is 74.6 Å². The molecule has 2 atom stereocenters. The van der Waals surface area contributed by atoms with E-state index in [2.05, 4.69) is 20.7 Å². The van der Waals surface area contributed by atoms with E-state index in [1.165, 1.54) is 0 Å². The predicted octanol–water partition coefficient (Wildman–Crippen LogP) is 5.24. The number of carbonyl (C=O) groups is 2. The van der Waals surface area contributed by atoms with Gasteiger partial charge < -0.3 is 24.6 Å². The zero-order valence-electron chi connectivity index (χ0n) is 24.8. The summed E-state index contributed by atoms with van der Waals surface area (Å²) in [7, 11) is 7.66. The van der Waals surface area contributed by atoms with Gasteiger partial charge in [-0.05, 0) is 84.1 Å². The number of rotatable bonds is 11. The van der Waals surface area contributed by atoms with Crippen molar-refractivity contribution in [1.29, 1.82) is 0 Å². The molecule has 1 amide bonds. The van der Waals surface area contributed by atoms with E-state index in [-0.39, 0.29) is 18.1 Å². The number of aromatic amines is 1. The van der Waals surface area contributed by atoms with E-state index in [4.69, 9.17) is 12.7 Å². The number of fused-ring (bicyclic) bond motifs is 1. The largest absolute Gasteiger partial charge is 0.449 e. The Balaban J connectivity index is 1.21. The van der Waals surface area contributed by atoms with Crippen LogP contribution in [-0.4, -0.2) is 53.6 Å². The van der Waals surface area contributed by atoms with Crippen LogP contribution in [0.15, 0.2) is 90.1 Å². The molecule has 2 heterocycles. The van der Waals surface area contributed by atoms with Crippen molar-refractivity contribution in [2.75, 3.05) is 24.3 Å². The van der Waals surface area contributed by atoms with Gasteiger partial charge in [-0.25, -0.2) is 9.48 Å². The van der Waals surface area contributed by atoms with Crippen LogP contribution < -0.4 is 16.2 Å². The number of hydrogen-bond acceptors (Lipinski definition) is 7. The normalized spacial score (nSPS) is 12.5. The smallest absolute Gasteiger partial charge is 0.411 e. The summed E-state index contributed by atoms with van der Waals surface area (Å²) in [5.41, 5.74) is 5.56. The minimum atomic E-state index is -0.607. The first-order chi connectivity index (χ1) is 21.2. The third-order valence-electron chi connectivity index (χ3n) is 7.38. The third kappa shape index (κ3) is 7.07. The number of H-pyrrole nitrogens is 1. The molecule has 0 spiro atoms. The number of aldehydes is 1. The number of aryl methyl sites for hydroxylation is 1. The molecule has 0 saturated heterocycles. The zero-order valence-corrected chi connectivity index (χ0v) is 24.8. The molecule has 3 N–H and O–H groups in total. The predicted molar refractivity (Wildman–Crippen MR) is 172 cm³/mol. The van der Waals surface area contributed by atoms with Crippen molar-refractivity contribution < 1.29 is 14.3 Å². The Bertz CT molecular complexity index is 1840. The minimum Gasteiger partial charge on any atom is -0.449 e. The quantitative estimate of drug-likeness (QED) is 0.143. The lowest BCUT2D eigenvalue weighted by Gasteiger charge is -2.19. The Morgan fingerprint density at radius 3 is 2.68 bits per heavy atom. The van der Waals surface area contributed by atoms with Crippen molar-refractivity contribution in [2.24, 2.45) is 0 Å². The van der Waals surface area contributed by atoms with Gasteiger partial charge in [-0.2, -0.15) is 5.10 Å². The molecule has 2 aromatic heterocycles. The van der Waals surface area contributed by atoms with Crippen LogP contribution in [0.25, 0.3) is 16.5 Å². The van der Waals surface area contributed by atoms with Crippen molar-refractivity contribution in [3.8, 4) is 5.69 Å². The number of ether oxygens (including phenoxy) is 1. The molecule has 5 rings (SSSR count). The van der Waals surface area contributed by atoms with Crippen LogP contribution in [0.4, 0.5) is 16.2 Å². The molecule has 0 aliphatic carbocycles. The lowest BCUT2D eigenvalue weighted by molar-refractivity contribution is -0.108. The maximum absolute atomic E-state index is 12.7. The second-order valence-corrected chi connectivity index (χ2v) is 10.8. The molecule has 10 nitrogen and oxygen atoms in total. The number of carbonyl (C=O) groups excluding carboxylic acids is 2. The third-order valence-corrected chi connectivity index (χ3v) is 7.38. The van der Waals surface area contributed by atoms with Crippen LogP contribution in [0, 0.1) is 6.92 Å². The van der Waals surface area contributed by atoms with E-state index >= 15 is 0 Å². The van der Waals surface area contributed by atoms with E-state index in [1.54, 1.807) is 41.1 Å². The van der Waals surface area contributed by atoms with E-state index in [0.29, 0.717) is 23.3 Å². The maximum Gasteiger partial charge on any atom is 0.411 e. The molecule has 222 valence electrons. The topological polar surface area (TPSA) is 121 Å². The lowest BCUT2D eigenvalue weighted by Crippen LogP contribution is -2.19. The van der Waals surface area contributed by atoms with Gasteiger partial charge in [0.1, 0.15) is 12.3 Å². The first-order valence-corrected chi connectivity index (χ1v) is 14.2. The van der Waals surface area contributed by atoms with Crippen LogP contribution >= 0.6 is 0 Å². The maximum atomic E-state index is 12.7. The van der Waals surface area contributed by atoms with E-state index in [0.717, 1.165) is 39.6 Å². The summed E-state index contributed by atoms with van der Waals surface area (Å²) >= 11 is 0. The SMILES string of the molecule is [B]N(C)Cc1cc(NC(=O)OC[C@H](C)c2ccc(C(C=O)Nc3ccc4cc[nH]c(=O)c4c3)cc2C)ccc1-n1cccn1. The Labute approximate surface area is 256 Å². The minimum absolute atomic E-state index is 0.0895. The van der Waals surface area contributed by atoms with Crippen molar-refractivity contribution in [3.63, 3.8) is 0 Å². The van der Waals surface area contributed by atoms with Gasteiger partial charge in [0.15, 0.2) is 7.98 Å². The monoisotopic (exact) mass is 588 g/mol. The Morgan fingerprint density at radius 2 is 1.95 bits per heavy atom. The van der Waals surface area contributed by atoms with Crippen LogP contribution in [-0.2, 0) is 16.1 Å². The zero-order chi connectivity index (χ0) is 31.2. The second-order valence-electron chi connectivity index (χ2n) is 10.8. The molecule has 3 aromatic carbocycles. The first kappa shape index (κ1) is 30.3. The molecule has 44 heavy (non-hydrogen) atoms. The van der Waals surface area contributed by atoms with Crippen LogP contribution in [0.3, 0.4) is 0 Å². The molecule has 0 aliphatic heterocycles. The fraction of sp³-hybridized carbons (Fsp3) is 0.212. The average Bonchev–Trinajstić information content (AvgIpc) is 3.54. The Hall–Kier alpha value is -5.16. The highest BCUT2D eigenvalue weighted by molar-refractivity contribution is 6.04. The molecule has 0 saturated carbocycles. The summed E-state index contributed by atoms with van der Waals surface area (Å²) in [6, 6.07) is 19.8. The average molecular weight is 588 g/mol. The molecule has 5 aromatic rings. The highest BCUT2D eigenvalue weighted by Crippen LogP contribution is 2.27. The fourth-order valence-corrected chi connectivity index (χ4v) is 5.23. The number of amides is 1. The van der Waals surface area contributed by atoms with E-state index < -0.39 is 12.1 Å². The second kappa shape index (κ2) is 13.4. The number of benzene rings is 3. The van der Waals surface area contributed by atoms with Gasteiger partial charge in [-0.3, -0.25) is 10.1 Å². The van der Waals surface area contributed by atoms with Gasteiger partial charge in [0, 0.05) is 47.8 Å². The standard InChI is InChI=1S/C33H33BN6O4/c1-21-15-24(30(19-41)37-27-7-5-23-11-13-35-32(42)29(23)17-27)6-9-28(21)22(2)20-44-33(43)38-26-8-10-31(40-14-4-12-36-40)25(16-26)18-39(3)34/h4-17,19,22,30,37H,18,20H2,1-3H3,(H,35,42)(H,38,43)/t22-,30?/m0/s1. The van der Waals surface area contributed by atoms with Crippen molar-refractivity contribution in [3.05, 3.63) is 118 Å². The summed E-state index contributed by atoms with van der Waals surface area (Å²) in [6.07, 6.45) is 5.42. The number of nitrogens with zero attached hydrogens (tertiary/aromatic N) is 3. The van der Waals surface area contributed by atoms with Crippen molar-refractivity contribution in [1.82, 2.24) is 19.6 Å². The number of anilines is 2. The molecule has 0 fully saturated rings. The summed E-state index contributed by atoms with van der Waals surface area (Å²) in [6.45, 7) is 4.56. The fourth-order valence-electron chi connectivity index (χ4n) is 5.23. The van der Waals surface area contributed by atoms with Crippen LogP contribution in [0.2, 0.25) is 0 Å². The molecule has 0 aliphatic rings. The molecular formula is C33H33BN6O4. The summed E-state index contributed by atoms with van der Waals surface area (Å²) < 4.78 is 7.31. The summed E-state index contributed by atoms with van der Waals surface area (Å²) in [5, 5.41) is 11.7. The van der Waals surface area contributed by atoms with Crippen molar-refractivity contribution >= 4 is 42.5 Å². The molecular weight excluding hydrogens is 555 g/mol. The highest BCUT2D eigenvalue weighted by Gasteiger charge is 2.17. The number of nitrogens with one attached hydrogen (secondary N) is 3. The molecule has 2 radical (unpaired) electrons. The van der Waals surface area contributed by atoms with E-state index in [9.17, 15) is 14.4 Å². The van der Waals surface area contributed by atoms with Crippen molar-refractivity contribution in [2.45, 2.75) is 32.4 Å². The summed E-state index contributed by atoms with van der Waals surface area (Å²) in [5.74, 6) is -0.0895. The summed E-state index contributed by atoms with van der Waals surface area (Å²) in [4.78, 5) is 41.1. The Kier molecular flexibility index (Phi) is 9.25. The number of pyridine rings is 1. The highest BCUT2D eigenvalue weighted by atomic mass is 16.5. The molecule has 11 heteroatoms. The van der Waals surface area contributed by atoms with Gasteiger partial charge in [-0.1, -0.05) is 31.2 Å². The first-order valence-electron chi connectivity index (χ1n) is 14.2. The number of hydrogen-bond donors (Lipinski definition) is 3. The van der Waals surface area contributed by atoms with Crippen LogP contribution in [0.1, 0.15) is 41.1 Å². The number of aromatic nitrogens is 3.